The Labute approximate surface area is 158 Å². The minimum Gasteiger partial charge on any atom is -0.268 e. The van der Waals surface area contributed by atoms with Gasteiger partial charge in [-0.2, -0.15) is 0 Å². The number of thioether (sulfide) groups is 1. The van der Waals surface area contributed by atoms with E-state index in [2.05, 4.69) is 0 Å². The Morgan fingerprint density at radius 1 is 0.958 bits per heavy atom. The van der Waals surface area contributed by atoms with Gasteiger partial charge in [0.2, 0.25) is 0 Å². The molecule has 1 fully saturated rings. The number of carbonyl (C=O) groups is 2. The van der Waals surface area contributed by atoms with E-state index in [1.807, 2.05) is 0 Å². The molecule has 1 saturated heterocycles. The van der Waals surface area contributed by atoms with E-state index in [0.29, 0.717) is 25.5 Å². The van der Waals surface area contributed by atoms with Crippen LogP contribution in [0.15, 0.2) is 47.4 Å². The molecule has 0 bridgehead atoms. The quantitative estimate of drug-likeness (QED) is 0.606. The number of hydrogen-bond acceptors (Lipinski definition) is 3. The number of rotatable bonds is 3. The Kier molecular flexibility index (Phi) is 5.21. The largest absolute Gasteiger partial charge is 0.293 e. The zero-order valence-electron chi connectivity index (χ0n) is 12.1. The summed E-state index contributed by atoms with van der Waals surface area (Å²) in [4.78, 5) is 26.2. The summed E-state index contributed by atoms with van der Waals surface area (Å²) in [7, 11) is 0. The van der Waals surface area contributed by atoms with Gasteiger partial charge in [-0.3, -0.25) is 14.5 Å². The Hall–Kier alpha value is -1.46. The third-order valence-electron chi connectivity index (χ3n) is 3.40. The molecule has 0 N–H and O–H groups in total. The van der Waals surface area contributed by atoms with Crippen LogP contribution in [0, 0.1) is 0 Å². The molecule has 0 spiro atoms. The molecule has 2 aromatic rings. The normalized spacial score (nSPS) is 16.3. The van der Waals surface area contributed by atoms with Crippen LogP contribution in [0.2, 0.25) is 15.1 Å². The van der Waals surface area contributed by atoms with Gasteiger partial charge in [-0.15, -0.1) is 0 Å². The van der Waals surface area contributed by atoms with Crippen LogP contribution in [0.5, 0.6) is 0 Å². The first-order chi connectivity index (χ1) is 11.5. The second-order valence-corrected chi connectivity index (χ2v) is 7.27. The predicted molar refractivity (Wildman–Crippen MR) is 99.4 cm³/mol. The van der Waals surface area contributed by atoms with Crippen LogP contribution in [0.4, 0.5) is 4.79 Å². The maximum atomic E-state index is 12.5. The molecule has 1 aliphatic heterocycles. The lowest BCUT2D eigenvalue weighted by atomic mass is 10.2. The monoisotopic (exact) mass is 397 g/mol. The molecule has 122 valence electrons. The second-order valence-electron chi connectivity index (χ2n) is 5.03. The number of amides is 2. The topological polar surface area (TPSA) is 37.4 Å². The number of imide groups is 1. The van der Waals surface area contributed by atoms with Gasteiger partial charge in [0.05, 0.1) is 11.4 Å². The van der Waals surface area contributed by atoms with Gasteiger partial charge >= 0.3 is 0 Å². The van der Waals surface area contributed by atoms with E-state index in [0.717, 1.165) is 17.3 Å². The van der Waals surface area contributed by atoms with Crippen molar-refractivity contribution in [2.45, 2.75) is 6.54 Å². The van der Waals surface area contributed by atoms with Crippen LogP contribution in [-0.2, 0) is 11.3 Å². The third kappa shape index (κ3) is 3.62. The standard InChI is InChI=1S/C17H10Cl3NO2S/c18-11-6-4-10(5-7-11)9-21-16(22)15(24-17(21)23)8-12-13(19)2-1-3-14(12)20/h1-8H,9H2/b15-8-. The maximum absolute atomic E-state index is 12.5. The lowest BCUT2D eigenvalue weighted by Crippen LogP contribution is -2.27. The summed E-state index contributed by atoms with van der Waals surface area (Å²) < 4.78 is 0. The fourth-order valence-corrected chi connectivity index (χ4v) is 3.64. The summed E-state index contributed by atoms with van der Waals surface area (Å²) >= 11 is 18.9. The Morgan fingerprint density at radius 3 is 2.21 bits per heavy atom. The molecule has 3 nitrogen and oxygen atoms in total. The first-order valence-corrected chi connectivity index (χ1v) is 8.84. The molecule has 0 aromatic heterocycles. The molecule has 3 rings (SSSR count). The summed E-state index contributed by atoms with van der Waals surface area (Å²) in [5.41, 5.74) is 1.34. The lowest BCUT2D eigenvalue weighted by molar-refractivity contribution is -0.123. The highest BCUT2D eigenvalue weighted by Gasteiger charge is 2.35. The molecular formula is C17H10Cl3NO2S. The fraction of sp³-hybridized carbons (Fsp3) is 0.0588. The van der Waals surface area contributed by atoms with E-state index >= 15 is 0 Å². The van der Waals surface area contributed by atoms with Crippen LogP contribution < -0.4 is 0 Å². The van der Waals surface area contributed by atoms with E-state index in [-0.39, 0.29) is 17.7 Å². The number of carbonyl (C=O) groups excluding carboxylic acids is 2. The Bertz CT molecular complexity index is 829. The van der Waals surface area contributed by atoms with Gasteiger partial charge in [-0.05, 0) is 47.7 Å². The van der Waals surface area contributed by atoms with Crippen molar-refractivity contribution in [3.05, 3.63) is 73.6 Å². The molecule has 2 amide bonds. The number of benzene rings is 2. The van der Waals surface area contributed by atoms with Crippen LogP contribution in [0.3, 0.4) is 0 Å². The summed E-state index contributed by atoms with van der Waals surface area (Å²) in [5, 5.41) is 1.12. The SMILES string of the molecule is O=C1S/C(=C\c2c(Cl)cccc2Cl)C(=O)N1Cc1ccc(Cl)cc1. The summed E-state index contributed by atoms with van der Waals surface area (Å²) in [6.07, 6.45) is 1.55. The molecule has 0 aliphatic carbocycles. The van der Waals surface area contributed by atoms with Gasteiger partial charge in [0, 0.05) is 20.6 Å². The first-order valence-electron chi connectivity index (χ1n) is 6.89. The van der Waals surface area contributed by atoms with Gasteiger partial charge in [0.1, 0.15) is 0 Å². The fourth-order valence-electron chi connectivity index (χ4n) is 2.19. The van der Waals surface area contributed by atoms with E-state index in [1.54, 1.807) is 48.5 Å². The molecule has 7 heteroatoms. The van der Waals surface area contributed by atoms with Crippen LogP contribution in [0.25, 0.3) is 6.08 Å². The lowest BCUT2D eigenvalue weighted by Gasteiger charge is -2.12. The zero-order valence-corrected chi connectivity index (χ0v) is 15.2. The smallest absolute Gasteiger partial charge is 0.268 e. The van der Waals surface area contributed by atoms with E-state index in [4.69, 9.17) is 34.8 Å². The highest BCUT2D eigenvalue weighted by molar-refractivity contribution is 8.18. The summed E-state index contributed by atoms with van der Waals surface area (Å²) in [6, 6.07) is 12.1. The van der Waals surface area contributed by atoms with Gasteiger partial charge in [-0.25, -0.2) is 0 Å². The Morgan fingerprint density at radius 2 is 1.58 bits per heavy atom. The summed E-state index contributed by atoms with van der Waals surface area (Å²) in [5.74, 6) is -0.365. The van der Waals surface area contributed by atoms with Crippen LogP contribution >= 0.6 is 46.6 Å². The van der Waals surface area contributed by atoms with Crippen molar-refractivity contribution >= 4 is 63.8 Å². The van der Waals surface area contributed by atoms with E-state index in [1.165, 1.54) is 4.90 Å². The predicted octanol–water partition coefficient (Wildman–Crippen LogP) is 5.88. The van der Waals surface area contributed by atoms with Crippen molar-refractivity contribution in [2.24, 2.45) is 0 Å². The molecule has 0 atom stereocenters. The van der Waals surface area contributed by atoms with Crippen molar-refractivity contribution in [3.63, 3.8) is 0 Å². The van der Waals surface area contributed by atoms with Gasteiger partial charge in [0.15, 0.2) is 0 Å². The molecule has 0 saturated carbocycles. The molecule has 2 aromatic carbocycles. The van der Waals surface area contributed by atoms with Crippen LogP contribution in [-0.4, -0.2) is 16.0 Å². The first kappa shape index (κ1) is 17.4. The minimum absolute atomic E-state index is 0.190. The molecule has 1 aliphatic rings. The van der Waals surface area contributed by atoms with Crippen molar-refractivity contribution in [1.29, 1.82) is 0 Å². The molecule has 0 unspecified atom stereocenters. The zero-order chi connectivity index (χ0) is 17.3. The highest BCUT2D eigenvalue weighted by Crippen LogP contribution is 2.36. The summed E-state index contributed by atoms with van der Waals surface area (Å²) in [6.45, 7) is 0.190. The van der Waals surface area contributed by atoms with Crippen LogP contribution in [0.1, 0.15) is 11.1 Å². The average Bonchev–Trinajstić information content (AvgIpc) is 2.80. The van der Waals surface area contributed by atoms with Crippen molar-refractivity contribution in [2.75, 3.05) is 0 Å². The highest BCUT2D eigenvalue weighted by atomic mass is 35.5. The molecule has 0 radical (unpaired) electrons. The molecule has 1 heterocycles. The van der Waals surface area contributed by atoms with Crippen molar-refractivity contribution in [3.8, 4) is 0 Å². The van der Waals surface area contributed by atoms with Gasteiger partial charge in [-0.1, -0.05) is 53.0 Å². The maximum Gasteiger partial charge on any atom is 0.293 e. The van der Waals surface area contributed by atoms with Crippen molar-refractivity contribution < 1.29 is 9.59 Å². The number of hydrogen-bond donors (Lipinski definition) is 0. The van der Waals surface area contributed by atoms with Crippen molar-refractivity contribution in [1.82, 2.24) is 4.90 Å². The number of nitrogens with zero attached hydrogens (tertiary/aromatic N) is 1. The van der Waals surface area contributed by atoms with Gasteiger partial charge in [0.25, 0.3) is 11.1 Å². The van der Waals surface area contributed by atoms with E-state index in [9.17, 15) is 9.59 Å². The Balaban J connectivity index is 1.86. The van der Waals surface area contributed by atoms with E-state index < -0.39 is 0 Å². The average molecular weight is 399 g/mol. The molecule has 24 heavy (non-hydrogen) atoms. The minimum atomic E-state index is -0.365. The second kappa shape index (κ2) is 7.19. The third-order valence-corrected chi connectivity index (χ3v) is 5.22. The number of halogens is 3. The van der Waals surface area contributed by atoms with Gasteiger partial charge < -0.3 is 0 Å². The molecular weight excluding hydrogens is 389 g/mol.